The average molecular weight is 363 g/mol. The van der Waals surface area contributed by atoms with Crippen LogP contribution in [0.25, 0.3) is 0 Å². The number of carbonyl (C=O) groups is 3. The molecule has 1 unspecified atom stereocenters. The van der Waals surface area contributed by atoms with Crippen LogP contribution in [0.1, 0.15) is 37.6 Å². The number of esters is 1. The predicted octanol–water partition coefficient (Wildman–Crippen LogP) is 2.22. The van der Waals surface area contributed by atoms with Crippen molar-refractivity contribution in [3.63, 3.8) is 0 Å². The molecule has 2 rings (SSSR count). The van der Waals surface area contributed by atoms with Gasteiger partial charge in [0.15, 0.2) is 11.9 Å². The van der Waals surface area contributed by atoms with Gasteiger partial charge in [0.05, 0.1) is 12.3 Å². The number of anilines is 1. The normalized spacial score (nSPS) is 16.3. The molecule has 0 spiro atoms. The molecule has 0 N–H and O–H groups in total. The zero-order valence-corrected chi connectivity index (χ0v) is 15.6. The Bertz CT molecular complexity index is 685. The number of rotatable bonds is 8. The largest absolute Gasteiger partial charge is 0.478 e. The summed E-state index contributed by atoms with van der Waals surface area (Å²) in [5, 5.41) is 0. The van der Waals surface area contributed by atoms with Gasteiger partial charge in [-0.25, -0.2) is 0 Å². The van der Waals surface area contributed by atoms with Gasteiger partial charge in [0, 0.05) is 19.1 Å². The number of amides is 1. The molecule has 0 aliphatic carbocycles. The summed E-state index contributed by atoms with van der Waals surface area (Å²) >= 11 is 0. The third kappa shape index (κ3) is 4.40. The molecule has 1 amide bonds. The predicted molar refractivity (Wildman–Crippen MR) is 95.5 cm³/mol. The van der Waals surface area contributed by atoms with E-state index in [-0.39, 0.29) is 37.4 Å². The van der Waals surface area contributed by atoms with E-state index in [0.29, 0.717) is 23.4 Å². The van der Waals surface area contributed by atoms with Gasteiger partial charge in [-0.1, -0.05) is 20.8 Å². The van der Waals surface area contributed by atoms with Crippen molar-refractivity contribution < 1.29 is 28.6 Å². The van der Waals surface area contributed by atoms with Gasteiger partial charge in [0.1, 0.15) is 18.9 Å². The van der Waals surface area contributed by atoms with Gasteiger partial charge in [-0.05, 0) is 24.1 Å². The maximum atomic E-state index is 12.8. The second kappa shape index (κ2) is 8.80. The molecule has 0 saturated heterocycles. The van der Waals surface area contributed by atoms with E-state index in [1.54, 1.807) is 25.1 Å². The van der Waals surface area contributed by atoms with E-state index in [4.69, 9.17) is 14.2 Å². The third-order valence-corrected chi connectivity index (χ3v) is 4.10. The summed E-state index contributed by atoms with van der Waals surface area (Å²) < 4.78 is 15.7. The molecule has 26 heavy (non-hydrogen) atoms. The molecule has 0 bridgehead atoms. The number of ether oxygens (including phenoxy) is 3. The Morgan fingerprint density at radius 2 is 2.00 bits per heavy atom. The van der Waals surface area contributed by atoms with Crippen LogP contribution in [0.5, 0.6) is 5.75 Å². The maximum Gasteiger partial charge on any atom is 0.326 e. The number of methoxy groups -OCH3 is 1. The Morgan fingerprint density at radius 1 is 1.27 bits per heavy atom. The molecule has 1 atom stereocenters. The van der Waals surface area contributed by atoms with Crippen LogP contribution in [0.15, 0.2) is 18.2 Å². The minimum absolute atomic E-state index is 0.0474. The van der Waals surface area contributed by atoms with Crippen LogP contribution < -0.4 is 9.64 Å². The van der Waals surface area contributed by atoms with Crippen LogP contribution in [0.4, 0.5) is 5.69 Å². The lowest BCUT2D eigenvalue weighted by Crippen LogP contribution is -2.50. The van der Waals surface area contributed by atoms with Gasteiger partial charge >= 0.3 is 5.97 Å². The van der Waals surface area contributed by atoms with Crippen molar-refractivity contribution in [1.29, 1.82) is 0 Å². The summed E-state index contributed by atoms with van der Waals surface area (Å²) in [7, 11) is 1.51. The first-order chi connectivity index (χ1) is 12.4. The van der Waals surface area contributed by atoms with Crippen molar-refractivity contribution in [2.24, 2.45) is 5.92 Å². The van der Waals surface area contributed by atoms with Crippen molar-refractivity contribution in [1.82, 2.24) is 0 Å². The minimum atomic E-state index is -0.693. The van der Waals surface area contributed by atoms with Gasteiger partial charge in [-0.15, -0.1) is 0 Å². The molecule has 0 aromatic heterocycles. The summed E-state index contributed by atoms with van der Waals surface area (Å²) in [6.45, 7) is 5.66. The summed E-state index contributed by atoms with van der Waals surface area (Å²) in [5.41, 5.74) is 0.887. The molecule has 1 aliphatic heterocycles. The number of ketones is 1. The summed E-state index contributed by atoms with van der Waals surface area (Å²) in [4.78, 5) is 38.3. The van der Waals surface area contributed by atoms with Crippen LogP contribution >= 0.6 is 0 Å². The van der Waals surface area contributed by atoms with Crippen LogP contribution in [-0.2, 0) is 19.1 Å². The Balaban J connectivity index is 2.32. The van der Waals surface area contributed by atoms with E-state index in [0.717, 1.165) is 0 Å². The molecule has 1 aliphatic rings. The maximum absolute atomic E-state index is 12.8. The first-order valence-electron chi connectivity index (χ1n) is 8.68. The first-order valence-corrected chi connectivity index (χ1v) is 8.68. The lowest BCUT2D eigenvalue weighted by Gasteiger charge is -2.35. The fourth-order valence-corrected chi connectivity index (χ4v) is 2.66. The summed E-state index contributed by atoms with van der Waals surface area (Å²) in [6.07, 6.45) is -0.344. The number of Topliss-reactive ketones (excluding diaryl/α,β-unsaturated/α-hetero) is 1. The fraction of sp³-hybridized carbons (Fsp3) is 0.526. The number of hydrogen-bond donors (Lipinski definition) is 0. The number of carbonyl (C=O) groups excluding carboxylic acids is 3. The number of fused-ring (bicyclic) bond motifs is 1. The van der Waals surface area contributed by atoms with E-state index < -0.39 is 12.1 Å². The molecule has 0 saturated carbocycles. The molecular weight excluding hydrogens is 338 g/mol. The van der Waals surface area contributed by atoms with Crippen molar-refractivity contribution in [2.45, 2.75) is 33.3 Å². The number of nitrogens with zero attached hydrogens (tertiary/aromatic N) is 1. The highest BCUT2D eigenvalue weighted by Gasteiger charge is 2.37. The van der Waals surface area contributed by atoms with Gasteiger partial charge in [0.2, 0.25) is 0 Å². The minimum Gasteiger partial charge on any atom is -0.478 e. The Morgan fingerprint density at radius 3 is 2.62 bits per heavy atom. The molecule has 142 valence electrons. The van der Waals surface area contributed by atoms with Gasteiger partial charge in [0.25, 0.3) is 5.91 Å². The van der Waals surface area contributed by atoms with E-state index in [9.17, 15) is 14.4 Å². The van der Waals surface area contributed by atoms with Gasteiger partial charge in [-0.2, -0.15) is 0 Å². The van der Waals surface area contributed by atoms with Crippen LogP contribution in [0, 0.1) is 5.92 Å². The highest BCUT2D eigenvalue weighted by Crippen LogP contribution is 2.36. The van der Waals surface area contributed by atoms with E-state index >= 15 is 0 Å². The Labute approximate surface area is 153 Å². The molecule has 7 nitrogen and oxygen atoms in total. The monoisotopic (exact) mass is 363 g/mol. The molecule has 1 aromatic carbocycles. The van der Waals surface area contributed by atoms with Crippen LogP contribution in [0.2, 0.25) is 0 Å². The molecule has 0 radical (unpaired) electrons. The topological polar surface area (TPSA) is 82.1 Å². The highest BCUT2D eigenvalue weighted by atomic mass is 16.6. The van der Waals surface area contributed by atoms with Crippen LogP contribution in [0.3, 0.4) is 0 Å². The second-order valence-corrected chi connectivity index (χ2v) is 6.38. The van der Waals surface area contributed by atoms with Gasteiger partial charge in [-0.3, -0.25) is 19.3 Å². The van der Waals surface area contributed by atoms with E-state index in [1.165, 1.54) is 12.0 Å². The van der Waals surface area contributed by atoms with Crippen molar-refractivity contribution in [2.75, 3.05) is 31.8 Å². The zero-order chi connectivity index (χ0) is 19.3. The number of hydrogen-bond acceptors (Lipinski definition) is 6. The average Bonchev–Trinajstić information content (AvgIpc) is 2.62. The summed E-state index contributed by atoms with van der Waals surface area (Å²) in [6, 6.07) is 4.94. The van der Waals surface area contributed by atoms with Crippen molar-refractivity contribution in [3.8, 4) is 5.75 Å². The first kappa shape index (κ1) is 19.9. The molecule has 1 aromatic rings. The molecule has 1 heterocycles. The van der Waals surface area contributed by atoms with Crippen molar-refractivity contribution >= 4 is 23.3 Å². The van der Waals surface area contributed by atoms with E-state index in [1.807, 2.05) is 13.8 Å². The van der Waals surface area contributed by atoms with Gasteiger partial charge < -0.3 is 14.2 Å². The third-order valence-electron chi connectivity index (χ3n) is 4.10. The van der Waals surface area contributed by atoms with E-state index in [2.05, 4.69) is 0 Å². The molecular formula is C19H25NO6. The Hall–Kier alpha value is -2.41. The van der Waals surface area contributed by atoms with Crippen molar-refractivity contribution in [3.05, 3.63) is 23.8 Å². The highest BCUT2D eigenvalue weighted by molar-refractivity contribution is 6.05. The lowest BCUT2D eigenvalue weighted by molar-refractivity contribution is -0.144. The fourth-order valence-electron chi connectivity index (χ4n) is 2.66. The zero-order valence-electron chi connectivity index (χ0n) is 15.6. The Kier molecular flexibility index (Phi) is 6.74. The molecule has 7 heteroatoms. The standard InChI is InChI=1S/C19H25NO6/c1-5-15(21)13-6-7-16-14(10-13)20(11-17(22)25-9-8-24-4)19(23)18(26-16)12(2)3/h6-7,10,12,18H,5,8-9,11H2,1-4H3. The molecule has 0 fully saturated rings. The second-order valence-electron chi connectivity index (χ2n) is 6.38. The lowest BCUT2D eigenvalue weighted by atomic mass is 10.0. The smallest absolute Gasteiger partial charge is 0.326 e. The SMILES string of the molecule is CCC(=O)c1ccc2c(c1)N(CC(=O)OCCOC)C(=O)C(C(C)C)O2. The number of benzene rings is 1. The summed E-state index contributed by atoms with van der Waals surface area (Å²) in [5.74, 6) is -0.510. The van der Waals surface area contributed by atoms with Crippen LogP contribution in [-0.4, -0.2) is 50.6 Å². The quantitative estimate of drug-likeness (QED) is 0.400.